The summed E-state index contributed by atoms with van der Waals surface area (Å²) in [6.45, 7) is 4.38. The van der Waals surface area contributed by atoms with E-state index in [1.54, 1.807) is 0 Å². The van der Waals surface area contributed by atoms with Gasteiger partial charge in [0.2, 0.25) is 0 Å². The third-order valence-electron chi connectivity index (χ3n) is 2.59. The number of nitrogens with zero attached hydrogens (tertiary/aromatic N) is 2. The highest BCUT2D eigenvalue weighted by atomic mass is 15.4. The molecule has 2 aliphatic heterocycles. The summed E-state index contributed by atoms with van der Waals surface area (Å²) in [5, 5.41) is 6.28. The van der Waals surface area contributed by atoms with Crippen molar-refractivity contribution in [1.82, 2.24) is 5.01 Å². The molecule has 68 valence electrons. The first kappa shape index (κ1) is 8.30. The van der Waals surface area contributed by atoms with Crippen LogP contribution in [0.3, 0.4) is 0 Å². The fourth-order valence-corrected chi connectivity index (χ4v) is 1.43. The average Bonchev–Trinajstić information content (AvgIpc) is 2.18. The first-order valence-corrected chi connectivity index (χ1v) is 4.66. The summed E-state index contributed by atoms with van der Waals surface area (Å²) in [5.74, 6) is 0. The summed E-state index contributed by atoms with van der Waals surface area (Å²) in [7, 11) is 0. The number of hydrogen-bond donors (Lipinski definition) is 0. The third-order valence-corrected chi connectivity index (χ3v) is 2.59. The quantitative estimate of drug-likeness (QED) is 0.596. The van der Waals surface area contributed by atoms with Crippen molar-refractivity contribution in [1.29, 1.82) is 0 Å². The van der Waals surface area contributed by atoms with Crippen LogP contribution in [0, 0.1) is 5.41 Å². The molecule has 0 bridgehead atoms. The Labute approximate surface area is 78.9 Å². The van der Waals surface area contributed by atoms with Crippen LogP contribution in [0.5, 0.6) is 0 Å². The van der Waals surface area contributed by atoms with E-state index in [2.05, 4.69) is 31.1 Å². The number of fused-ring (bicyclic) bond motifs is 1. The molecule has 1 unspecified atom stereocenters. The van der Waals surface area contributed by atoms with Crippen LogP contribution < -0.4 is 0 Å². The molecule has 0 aromatic carbocycles. The van der Waals surface area contributed by atoms with Crippen LogP contribution >= 0.6 is 0 Å². The zero-order valence-corrected chi connectivity index (χ0v) is 8.07. The SMILES string of the molecule is CCC1(C)C=NN2C=CC=CC2=C1. The fourth-order valence-electron chi connectivity index (χ4n) is 1.43. The van der Waals surface area contributed by atoms with Crippen molar-refractivity contribution < 1.29 is 0 Å². The van der Waals surface area contributed by atoms with Crippen molar-refractivity contribution in [2.75, 3.05) is 0 Å². The van der Waals surface area contributed by atoms with E-state index in [0.29, 0.717) is 0 Å². The second-order valence-corrected chi connectivity index (χ2v) is 3.72. The molecule has 2 rings (SSSR count). The van der Waals surface area contributed by atoms with Crippen LogP contribution in [0.25, 0.3) is 0 Å². The van der Waals surface area contributed by atoms with E-state index in [1.165, 1.54) is 5.70 Å². The van der Waals surface area contributed by atoms with Gasteiger partial charge in [0, 0.05) is 17.8 Å². The molecule has 2 aliphatic rings. The monoisotopic (exact) mass is 174 g/mol. The van der Waals surface area contributed by atoms with Crippen LogP contribution in [0.2, 0.25) is 0 Å². The predicted octanol–water partition coefficient (Wildman–Crippen LogP) is 2.67. The van der Waals surface area contributed by atoms with Gasteiger partial charge < -0.3 is 0 Å². The highest BCUT2D eigenvalue weighted by Crippen LogP contribution is 2.29. The molecular formula is C11H14N2. The minimum absolute atomic E-state index is 0.126. The van der Waals surface area contributed by atoms with Crippen molar-refractivity contribution in [3.05, 3.63) is 36.2 Å². The maximum absolute atomic E-state index is 4.38. The van der Waals surface area contributed by atoms with Gasteiger partial charge in [0.1, 0.15) is 0 Å². The maximum atomic E-state index is 4.38. The average molecular weight is 174 g/mol. The normalized spacial score (nSPS) is 30.3. The summed E-state index contributed by atoms with van der Waals surface area (Å²) in [6.07, 6.45) is 13.5. The zero-order valence-electron chi connectivity index (χ0n) is 8.07. The van der Waals surface area contributed by atoms with Gasteiger partial charge in [-0.15, -0.1) is 0 Å². The van der Waals surface area contributed by atoms with Crippen LogP contribution in [-0.2, 0) is 0 Å². The Bertz CT molecular complexity index is 323. The van der Waals surface area contributed by atoms with E-state index in [-0.39, 0.29) is 5.41 Å². The number of hydrogen-bond acceptors (Lipinski definition) is 2. The van der Waals surface area contributed by atoms with Gasteiger partial charge in [0.15, 0.2) is 0 Å². The molecule has 0 radical (unpaired) electrons. The lowest BCUT2D eigenvalue weighted by Gasteiger charge is -2.29. The number of rotatable bonds is 1. The van der Waals surface area contributed by atoms with Crippen LogP contribution in [-0.4, -0.2) is 11.2 Å². The molecule has 1 atom stereocenters. The van der Waals surface area contributed by atoms with Gasteiger partial charge >= 0.3 is 0 Å². The molecule has 2 nitrogen and oxygen atoms in total. The Hall–Kier alpha value is -1.31. The smallest absolute Gasteiger partial charge is 0.0614 e. The van der Waals surface area contributed by atoms with E-state index < -0.39 is 0 Å². The Morgan fingerprint density at radius 1 is 1.46 bits per heavy atom. The Morgan fingerprint density at radius 3 is 3.08 bits per heavy atom. The molecule has 0 fully saturated rings. The largest absolute Gasteiger partial charge is 0.242 e. The summed E-state index contributed by atoms with van der Waals surface area (Å²) in [4.78, 5) is 0. The van der Waals surface area contributed by atoms with E-state index in [1.807, 2.05) is 29.6 Å². The first-order chi connectivity index (χ1) is 6.23. The molecule has 0 aliphatic carbocycles. The summed E-state index contributed by atoms with van der Waals surface area (Å²) in [6, 6.07) is 0. The minimum Gasteiger partial charge on any atom is -0.242 e. The van der Waals surface area contributed by atoms with Gasteiger partial charge in [-0.05, 0) is 24.6 Å². The van der Waals surface area contributed by atoms with E-state index >= 15 is 0 Å². The Balaban J connectivity index is 2.33. The van der Waals surface area contributed by atoms with Gasteiger partial charge in [0.05, 0.1) is 5.70 Å². The van der Waals surface area contributed by atoms with Gasteiger partial charge in [-0.25, -0.2) is 5.01 Å². The second-order valence-electron chi connectivity index (χ2n) is 3.72. The number of hydrazone groups is 1. The lowest BCUT2D eigenvalue weighted by molar-refractivity contribution is 0.451. The molecule has 0 amide bonds. The first-order valence-electron chi connectivity index (χ1n) is 4.66. The Kier molecular flexibility index (Phi) is 1.83. The van der Waals surface area contributed by atoms with Gasteiger partial charge in [0.25, 0.3) is 0 Å². The maximum Gasteiger partial charge on any atom is 0.0614 e. The molecule has 13 heavy (non-hydrogen) atoms. The van der Waals surface area contributed by atoms with Gasteiger partial charge in [-0.3, -0.25) is 0 Å². The van der Waals surface area contributed by atoms with Crippen LogP contribution in [0.1, 0.15) is 20.3 Å². The fraction of sp³-hybridized carbons (Fsp3) is 0.364. The third kappa shape index (κ3) is 1.44. The van der Waals surface area contributed by atoms with Gasteiger partial charge in [-0.2, -0.15) is 5.10 Å². The van der Waals surface area contributed by atoms with Crippen LogP contribution in [0.15, 0.2) is 41.3 Å². The van der Waals surface area contributed by atoms with Crippen LogP contribution in [0.4, 0.5) is 0 Å². The van der Waals surface area contributed by atoms with Crippen molar-refractivity contribution in [3.8, 4) is 0 Å². The molecule has 2 heteroatoms. The molecule has 0 aromatic heterocycles. The van der Waals surface area contributed by atoms with Crippen molar-refractivity contribution >= 4 is 6.21 Å². The molecule has 0 saturated carbocycles. The van der Waals surface area contributed by atoms with E-state index in [9.17, 15) is 0 Å². The zero-order chi connectivity index (χ0) is 9.31. The van der Waals surface area contributed by atoms with Crippen molar-refractivity contribution in [2.45, 2.75) is 20.3 Å². The second kappa shape index (κ2) is 2.87. The minimum atomic E-state index is 0.126. The van der Waals surface area contributed by atoms with E-state index in [0.717, 1.165) is 6.42 Å². The highest BCUT2D eigenvalue weighted by molar-refractivity contribution is 5.70. The molecular weight excluding hydrogens is 160 g/mol. The van der Waals surface area contributed by atoms with Gasteiger partial charge in [-0.1, -0.05) is 19.9 Å². The topological polar surface area (TPSA) is 15.6 Å². The lowest BCUT2D eigenvalue weighted by Crippen LogP contribution is -2.25. The Morgan fingerprint density at radius 2 is 2.31 bits per heavy atom. The van der Waals surface area contributed by atoms with E-state index in [4.69, 9.17) is 0 Å². The predicted molar refractivity (Wildman–Crippen MR) is 55.1 cm³/mol. The van der Waals surface area contributed by atoms with Crippen molar-refractivity contribution in [2.24, 2.45) is 10.5 Å². The lowest BCUT2D eigenvalue weighted by atomic mass is 9.87. The molecule has 0 saturated heterocycles. The molecule has 2 heterocycles. The molecule has 0 aromatic rings. The standard InChI is InChI=1S/C11H14N2/c1-3-11(2)8-10-6-4-5-7-13(10)12-9-11/h4-9H,3H2,1-2H3. The molecule has 0 N–H and O–H groups in total. The molecule has 0 spiro atoms. The summed E-state index contributed by atoms with van der Waals surface area (Å²) >= 11 is 0. The highest BCUT2D eigenvalue weighted by Gasteiger charge is 2.23. The summed E-state index contributed by atoms with van der Waals surface area (Å²) in [5.41, 5.74) is 1.30. The number of allylic oxidation sites excluding steroid dienone is 4. The van der Waals surface area contributed by atoms with Crippen molar-refractivity contribution in [3.63, 3.8) is 0 Å². The summed E-state index contributed by atoms with van der Waals surface area (Å²) < 4.78 is 0.